The molecule has 0 spiro atoms. The molecule has 1 aliphatic heterocycles. The maximum atomic E-state index is 11.8. The van der Waals surface area contributed by atoms with E-state index in [4.69, 9.17) is 9.47 Å². The highest BCUT2D eigenvalue weighted by atomic mass is 16.5. The number of rotatable bonds is 3. The van der Waals surface area contributed by atoms with Gasteiger partial charge < -0.3 is 14.5 Å². The summed E-state index contributed by atoms with van der Waals surface area (Å²) in [6.07, 6.45) is 0.848. The molecule has 1 N–H and O–H groups in total. The minimum absolute atomic E-state index is 0.282. The second-order valence-corrected chi connectivity index (χ2v) is 4.08. The van der Waals surface area contributed by atoms with Gasteiger partial charge in [0.15, 0.2) is 5.41 Å². The second kappa shape index (κ2) is 3.90. The van der Waals surface area contributed by atoms with Crippen LogP contribution in [-0.2, 0) is 26.1 Å². The van der Waals surface area contributed by atoms with Gasteiger partial charge in [0.1, 0.15) is 5.82 Å². The van der Waals surface area contributed by atoms with Gasteiger partial charge in [0.25, 0.3) is 0 Å². The van der Waals surface area contributed by atoms with Crippen molar-refractivity contribution in [3.05, 3.63) is 17.2 Å². The van der Waals surface area contributed by atoms with E-state index in [1.165, 1.54) is 7.11 Å². The van der Waals surface area contributed by atoms with Crippen molar-refractivity contribution in [3.8, 4) is 0 Å². The van der Waals surface area contributed by atoms with Crippen LogP contribution in [0.1, 0.15) is 24.1 Å². The lowest BCUT2D eigenvalue weighted by Gasteiger charge is -2.36. The molecule has 0 amide bonds. The molecule has 1 saturated heterocycles. The average Bonchev–Trinajstić information content (AvgIpc) is 2.58. The molecule has 0 atom stereocenters. The van der Waals surface area contributed by atoms with Gasteiger partial charge in [0.05, 0.1) is 26.0 Å². The van der Waals surface area contributed by atoms with Gasteiger partial charge >= 0.3 is 5.97 Å². The first kappa shape index (κ1) is 11.1. The van der Waals surface area contributed by atoms with Crippen molar-refractivity contribution < 1.29 is 14.3 Å². The van der Waals surface area contributed by atoms with Crippen molar-refractivity contribution in [2.45, 2.75) is 25.7 Å². The Bertz CT molecular complexity index is 407. The molecule has 5 heteroatoms. The summed E-state index contributed by atoms with van der Waals surface area (Å²) in [6, 6.07) is 0. The maximum absolute atomic E-state index is 11.8. The van der Waals surface area contributed by atoms with Crippen molar-refractivity contribution >= 4 is 5.97 Å². The lowest BCUT2D eigenvalue weighted by molar-refractivity contribution is -0.167. The molecule has 1 aliphatic rings. The fourth-order valence-electron chi connectivity index (χ4n) is 1.92. The van der Waals surface area contributed by atoms with E-state index >= 15 is 0 Å². The smallest absolute Gasteiger partial charge is 0.324 e. The Hall–Kier alpha value is -1.36. The van der Waals surface area contributed by atoms with Crippen LogP contribution in [0.5, 0.6) is 0 Å². The monoisotopic (exact) mass is 224 g/mol. The number of hydrogen-bond donors (Lipinski definition) is 1. The molecule has 1 aromatic heterocycles. The topological polar surface area (TPSA) is 64.2 Å². The van der Waals surface area contributed by atoms with E-state index in [1.807, 2.05) is 13.8 Å². The lowest BCUT2D eigenvalue weighted by atomic mass is 9.85. The van der Waals surface area contributed by atoms with Gasteiger partial charge in [-0.25, -0.2) is 4.98 Å². The molecule has 1 fully saturated rings. The number of aromatic nitrogens is 2. The SMILES string of the molecule is CCc1nc(C2(C(=O)OC)COC2)[nH]c1C. The van der Waals surface area contributed by atoms with E-state index in [-0.39, 0.29) is 5.97 Å². The van der Waals surface area contributed by atoms with Crippen molar-refractivity contribution in [1.82, 2.24) is 9.97 Å². The molecule has 0 unspecified atom stereocenters. The maximum Gasteiger partial charge on any atom is 0.324 e. The van der Waals surface area contributed by atoms with Crippen LogP contribution in [-0.4, -0.2) is 36.3 Å². The summed E-state index contributed by atoms with van der Waals surface area (Å²) < 4.78 is 9.95. The number of esters is 1. The van der Waals surface area contributed by atoms with E-state index in [0.717, 1.165) is 17.8 Å². The van der Waals surface area contributed by atoms with Gasteiger partial charge in [-0.2, -0.15) is 0 Å². The number of methoxy groups -OCH3 is 1. The third-order valence-corrected chi connectivity index (χ3v) is 3.05. The summed E-state index contributed by atoms with van der Waals surface area (Å²) in [6.45, 7) is 4.68. The number of carbonyl (C=O) groups is 1. The van der Waals surface area contributed by atoms with Crippen molar-refractivity contribution in [2.24, 2.45) is 0 Å². The van der Waals surface area contributed by atoms with Gasteiger partial charge in [-0.15, -0.1) is 0 Å². The number of nitrogens with one attached hydrogen (secondary N) is 1. The number of carbonyl (C=O) groups excluding carboxylic acids is 1. The molecule has 0 aromatic carbocycles. The Morgan fingerprint density at radius 1 is 1.62 bits per heavy atom. The van der Waals surface area contributed by atoms with Crippen LogP contribution in [0.4, 0.5) is 0 Å². The molecule has 0 aliphatic carbocycles. The third kappa shape index (κ3) is 1.43. The van der Waals surface area contributed by atoms with Gasteiger partial charge in [0.2, 0.25) is 0 Å². The van der Waals surface area contributed by atoms with Crippen LogP contribution < -0.4 is 0 Å². The van der Waals surface area contributed by atoms with Crippen molar-refractivity contribution in [1.29, 1.82) is 0 Å². The summed E-state index contributed by atoms with van der Waals surface area (Å²) in [5.74, 6) is 0.384. The zero-order valence-corrected chi connectivity index (χ0v) is 9.79. The fraction of sp³-hybridized carbons (Fsp3) is 0.636. The predicted molar refractivity (Wildman–Crippen MR) is 57.2 cm³/mol. The number of hydrogen-bond acceptors (Lipinski definition) is 4. The summed E-state index contributed by atoms with van der Waals surface area (Å²) in [4.78, 5) is 19.4. The van der Waals surface area contributed by atoms with E-state index in [9.17, 15) is 4.79 Å². The first-order valence-electron chi connectivity index (χ1n) is 5.36. The van der Waals surface area contributed by atoms with Crippen LogP contribution in [0.25, 0.3) is 0 Å². The quantitative estimate of drug-likeness (QED) is 0.768. The minimum atomic E-state index is -0.715. The zero-order valence-electron chi connectivity index (χ0n) is 9.79. The first-order valence-corrected chi connectivity index (χ1v) is 5.36. The Labute approximate surface area is 94.2 Å². The second-order valence-electron chi connectivity index (χ2n) is 4.08. The van der Waals surface area contributed by atoms with Gasteiger partial charge in [0, 0.05) is 5.69 Å². The number of nitrogens with zero attached hydrogens (tertiary/aromatic N) is 1. The summed E-state index contributed by atoms with van der Waals surface area (Å²) in [7, 11) is 1.39. The van der Waals surface area contributed by atoms with Crippen molar-refractivity contribution in [2.75, 3.05) is 20.3 Å². The summed E-state index contributed by atoms with van der Waals surface area (Å²) in [5.41, 5.74) is 1.28. The van der Waals surface area contributed by atoms with E-state index in [1.54, 1.807) is 0 Å². The molecule has 2 rings (SSSR count). The normalized spacial score (nSPS) is 17.9. The predicted octanol–water partition coefficient (Wildman–Crippen LogP) is 0.722. The van der Waals surface area contributed by atoms with Gasteiger partial charge in [-0.1, -0.05) is 6.92 Å². The highest BCUT2D eigenvalue weighted by molar-refractivity contribution is 5.83. The summed E-state index contributed by atoms with van der Waals surface area (Å²) in [5, 5.41) is 0. The van der Waals surface area contributed by atoms with Crippen LogP contribution >= 0.6 is 0 Å². The molecule has 5 nitrogen and oxygen atoms in total. The molecule has 16 heavy (non-hydrogen) atoms. The number of aryl methyl sites for hydroxylation is 2. The Morgan fingerprint density at radius 2 is 2.31 bits per heavy atom. The molecule has 1 aromatic rings. The Kier molecular flexibility index (Phi) is 2.71. The number of imidazole rings is 1. The highest BCUT2D eigenvalue weighted by Crippen LogP contribution is 2.32. The Balaban J connectivity index is 2.37. The highest BCUT2D eigenvalue weighted by Gasteiger charge is 2.51. The fourth-order valence-corrected chi connectivity index (χ4v) is 1.92. The average molecular weight is 224 g/mol. The van der Waals surface area contributed by atoms with Crippen LogP contribution in [0, 0.1) is 6.92 Å². The molecule has 0 saturated carbocycles. The molecule has 0 radical (unpaired) electrons. The molecule has 0 bridgehead atoms. The van der Waals surface area contributed by atoms with Gasteiger partial charge in [-0.3, -0.25) is 4.79 Å². The zero-order chi connectivity index (χ0) is 11.8. The number of aromatic amines is 1. The van der Waals surface area contributed by atoms with Crippen LogP contribution in [0.2, 0.25) is 0 Å². The molecular weight excluding hydrogens is 208 g/mol. The van der Waals surface area contributed by atoms with Gasteiger partial charge in [-0.05, 0) is 13.3 Å². The lowest BCUT2D eigenvalue weighted by Crippen LogP contribution is -2.54. The minimum Gasteiger partial charge on any atom is -0.468 e. The molecular formula is C11H16N2O3. The van der Waals surface area contributed by atoms with E-state index < -0.39 is 5.41 Å². The van der Waals surface area contributed by atoms with E-state index in [0.29, 0.717) is 19.0 Å². The molecule has 88 valence electrons. The number of ether oxygens (including phenoxy) is 2. The van der Waals surface area contributed by atoms with Crippen LogP contribution in [0.3, 0.4) is 0 Å². The molecule has 2 heterocycles. The first-order chi connectivity index (χ1) is 7.64. The largest absolute Gasteiger partial charge is 0.468 e. The third-order valence-electron chi connectivity index (χ3n) is 3.05. The van der Waals surface area contributed by atoms with E-state index in [2.05, 4.69) is 9.97 Å². The van der Waals surface area contributed by atoms with Crippen LogP contribution in [0.15, 0.2) is 0 Å². The standard InChI is InChI=1S/C11H16N2O3/c1-4-8-7(2)12-9(13-8)11(5-16-6-11)10(14)15-3/h4-6H2,1-3H3,(H,12,13). The number of H-pyrrole nitrogens is 1. The Morgan fingerprint density at radius 3 is 2.69 bits per heavy atom. The summed E-state index contributed by atoms with van der Waals surface area (Å²) >= 11 is 0. The van der Waals surface area contributed by atoms with Crippen molar-refractivity contribution in [3.63, 3.8) is 0 Å².